The second-order valence-electron chi connectivity index (χ2n) is 5.01. The highest BCUT2D eigenvalue weighted by Crippen LogP contribution is 2.11. The smallest absolute Gasteiger partial charge is 0.225 e. The molecule has 2 aromatic heterocycles. The fourth-order valence-corrected chi connectivity index (χ4v) is 2.21. The van der Waals surface area contributed by atoms with Crippen molar-refractivity contribution in [2.45, 2.75) is 6.42 Å². The predicted octanol–water partition coefficient (Wildman–Crippen LogP) is 0.227. The molecule has 8 heteroatoms. The number of amides is 1. The first-order chi connectivity index (χ1) is 10.8. The van der Waals surface area contributed by atoms with E-state index in [0.29, 0.717) is 37.9 Å². The highest BCUT2D eigenvalue weighted by Gasteiger charge is 2.22. The third-order valence-electron chi connectivity index (χ3n) is 3.42. The molecule has 0 aromatic carbocycles. The Kier molecular flexibility index (Phi) is 4.59. The Morgan fingerprint density at radius 3 is 3.00 bits per heavy atom. The zero-order chi connectivity index (χ0) is 15.2. The average Bonchev–Trinajstić information content (AvgIpc) is 3.25. The minimum Gasteiger partial charge on any atom is -0.381 e. The van der Waals surface area contributed by atoms with Crippen LogP contribution in [-0.2, 0) is 9.53 Å². The molecular formula is C14H18N6O2. The van der Waals surface area contributed by atoms with Gasteiger partial charge < -0.3 is 15.4 Å². The summed E-state index contributed by atoms with van der Waals surface area (Å²) in [6, 6.07) is 5.49. The number of carbonyl (C=O) groups is 1. The van der Waals surface area contributed by atoms with Gasteiger partial charge in [0.1, 0.15) is 5.82 Å². The van der Waals surface area contributed by atoms with Crippen molar-refractivity contribution in [3.05, 3.63) is 30.6 Å². The second-order valence-corrected chi connectivity index (χ2v) is 5.01. The molecule has 3 heterocycles. The standard InChI is InChI=1S/C14H18N6O2/c21-14(11-4-9-22-10-11)16-7-6-15-12-2-3-13(19-18-12)20-8-1-5-17-20/h1-3,5,8,11H,4,6-7,9-10H2,(H,15,18)(H,16,21). The summed E-state index contributed by atoms with van der Waals surface area (Å²) in [4.78, 5) is 11.8. The molecule has 0 bridgehead atoms. The number of aromatic nitrogens is 4. The number of nitrogens with zero attached hydrogens (tertiary/aromatic N) is 4. The molecule has 22 heavy (non-hydrogen) atoms. The van der Waals surface area contributed by atoms with Crippen molar-refractivity contribution in [2.24, 2.45) is 5.92 Å². The minimum atomic E-state index is -0.00635. The normalized spacial score (nSPS) is 17.4. The van der Waals surface area contributed by atoms with Crippen molar-refractivity contribution in [1.82, 2.24) is 25.3 Å². The van der Waals surface area contributed by atoms with Crippen LogP contribution in [0, 0.1) is 5.92 Å². The van der Waals surface area contributed by atoms with Gasteiger partial charge >= 0.3 is 0 Å². The van der Waals surface area contributed by atoms with Gasteiger partial charge in [-0.25, -0.2) is 4.68 Å². The summed E-state index contributed by atoms with van der Waals surface area (Å²) in [5.41, 5.74) is 0. The summed E-state index contributed by atoms with van der Waals surface area (Å²) in [5, 5.41) is 18.2. The molecule has 2 N–H and O–H groups in total. The highest BCUT2D eigenvalue weighted by atomic mass is 16.5. The number of rotatable bonds is 6. The van der Waals surface area contributed by atoms with Gasteiger partial charge in [0.05, 0.1) is 12.5 Å². The van der Waals surface area contributed by atoms with Gasteiger partial charge in [-0.05, 0) is 24.6 Å². The van der Waals surface area contributed by atoms with Gasteiger partial charge in [0.25, 0.3) is 0 Å². The van der Waals surface area contributed by atoms with Gasteiger partial charge in [-0.2, -0.15) is 5.10 Å². The van der Waals surface area contributed by atoms with Crippen LogP contribution in [-0.4, -0.2) is 52.2 Å². The van der Waals surface area contributed by atoms with Crippen LogP contribution in [0.5, 0.6) is 0 Å². The van der Waals surface area contributed by atoms with Crippen LogP contribution in [0.4, 0.5) is 5.82 Å². The quantitative estimate of drug-likeness (QED) is 0.742. The maximum Gasteiger partial charge on any atom is 0.225 e. The van der Waals surface area contributed by atoms with Crippen molar-refractivity contribution in [3.63, 3.8) is 0 Å². The second kappa shape index (κ2) is 6.99. The summed E-state index contributed by atoms with van der Waals surface area (Å²) in [6.45, 7) is 2.33. The van der Waals surface area contributed by atoms with E-state index in [1.807, 2.05) is 18.2 Å². The van der Waals surface area contributed by atoms with E-state index in [4.69, 9.17) is 4.74 Å². The largest absolute Gasteiger partial charge is 0.381 e. The van der Waals surface area contributed by atoms with Gasteiger partial charge in [-0.15, -0.1) is 10.2 Å². The third kappa shape index (κ3) is 3.59. The zero-order valence-corrected chi connectivity index (χ0v) is 12.1. The van der Waals surface area contributed by atoms with E-state index in [-0.39, 0.29) is 11.8 Å². The Morgan fingerprint density at radius 1 is 1.36 bits per heavy atom. The molecule has 1 atom stereocenters. The molecule has 1 amide bonds. The Bertz CT molecular complexity index is 592. The number of carbonyl (C=O) groups excluding carboxylic acids is 1. The van der Waals surface area contributed by atoms with E-state index in [9.17, 15) is 4.79 Å². The lowest BCUT2D eigenvalue weighted by Crippen LogP contribution is -2.34. The molecule has 116 valence electrons. The van der Waals surface area contributed by atoms with Gasteiger partial charge in [0, 0.05) is 32.1 Å². The molecular weight excluding hydrogens is 284 g/mol. The molecule has 1 aliphatic heterocycles. The molecule has 0 aliphatic carbocycles. The van der Waals surface area contributed by atoms with E-state index in [2.05, 4.69) is 25.9 Å². The fraction of sp³-hybridized carbons (Fsp3) is 0.429. The number of anilines is 1. The van der Waals surface area contributed by atoms with Crippen molar-refractivity contribution in [2.75, 3.05) is 31.6 Å². The predicted molar refractivity (Wildman–Crippen MR) is 79.6 cm³/mol. The van der Waals surface area contributed by atoms with Crippen LogP contribution in [0.3, 0.4) is 0 Å². The van der Waals surface area contributed by atoms with E-state index in [0.717, 1.165) is 6.42 Å². The van der Waals surface area contributed by atoms with E-state index in [1.54, 1.807) is 17.1 Å². The van der Waals surface area contributed by atoms with Crippen LogP contribution < -0.4 is 10.6 Å². The van der Waals surface area contributed by atoms with E-state index < -0.39 is 0 Å². The molecule has 0 saturated carbocycles. The fourth-order valence-electron chi connectivity index (χ4n) is 2.21. The maximum atomic E-state index is 11.8. The lowest BCUT2D eigenvalue weighted by atomic mass is 10.1. The van der Waals surface area contributed by atoms with Gasteiger partial charge in [-0.1, -0.05) is 0 Å². The van der Waals surface area contributed by atoms with Crippen LogP contribution in [0.2, 0.25) is 0 Å². The first-order valence-electron chi connectivity index (χ1n) is 7.26. The third-order valence-corrected chi connectivity index (χ3v) is 3.42. The number of hydrogen-bond donors (Lipinski definition) is 2. The Morgan fingerprint density at radius 2 is 2.32 bits per heavy atom. The van der Waals surface area contributed by atoms with Crippen LogP contribution in [0.1, 0.15) is 6.42 Å². The Balaban J connectivity index is 1.41. The lowest BCUT2D eigenvalue weighted by molar-refractivity contribution is -0.124. The molecule has 1 saturated heterocycles. The number of nitrogens with one attached hydrogen (secondary N) is 2. The van der Waals surface area contributed by atoms with Crippen LogP contribution in [0.25, 0.3) is 5.82 Å². The zero-order valence-electron chi connectivity index (χ0n) is 12.1. The summed E-state index contributed by atoms with van der Waals surface area (Å²) >= 11 is 0. The summed E-state index contributed by atoms with van der Waals surface area (Å²) in [7, 11) is 0. The van der Waals surface area contributed by atoms with Crippen molar-refractivity contribution < 1.29 is 9.53 Å². The molecule has 0 radical (unpaired) electrons. The highest BCUT2D eigenvalue weighted by molar-refractivity contribution is 5.79. The van der Waals surface area contributed by atoms with Gasteiger partial charge in [-0.3, -0.25) is 4.79 Å². The monoisotopic (exact) mass is 302 g/mol. The van der Waals surface area contributed by atoms with Crippen molar-refractivity contribution in [3.8, 4) is 5.82 Å². The summed E-state index contributed by atoms with van der Waals surface area (Å²) < 4.78 is 6.83. The average molecular weight is 302 g/mol. The lowest BCUT2D eigenvalue weighted by Gasteiger charge is -2.10. The molecule has 1 fully saturated rings. The molecule has 1 aliphatic rings. The van der Waals surface area contributed by atoms with Crippen LogP contribution >= 0.6 is 0 Å². The minimum absolute atomic E-state index is 0.00635. The Hall–Kier alpha value is -2.48. The van der Waals surface area contributed by atoms with Gasteiger partial charge in [0.15, 0.2) is 5.82 Å². The van der Waals surface area contributed by atoms with Crippen molar-refractivity contribution >= 4 is 11.7 Å². The molecule has 3 rings (SSSR count). The maximum absolute atomic E-state index is 11.8. The molecule has 1 unspecified atom stereocenters. The summed E-state index contributed by atoms with van der Waals surface area (Å²) in [5.74, 6) is 1.37. The SMILES string of the molecule is O=C(NCCNc1ccc(-n2cccn2)nn1)C1CCOC1. The van der Waals surface area contributed by atoms with Gasteiger partial charge in [0.2, 0.25) is 5.91 Å². The first-order valence-corrected chi connectivity index (χ1v) is 7.26. The number of hydrogen-bond acceptors (Lipinski definition) is 6. The molecule has 0 spiro atoms. The van der Waals surface area contributed by atoms with Crippen molar-refractivity contribution in [1.29, 1.82) is 0 Å². The first kappa shape index (κ1) is 14.5. The van der Waals surface area contributed by atoms with E-state index >= 15 is 0 Å². The number of ether oxygens (including phenoxy) is 1. The van der Waals surface area contributed by atoms with Crippen LogP contribution in [0.15, 0.2) is 30.6 Å². The molecule has 8 nitrogen and oxygen atoms in total. The van der Waals surface area contributed by atoms with E-state index in [1.165, 1.54) is 0 Å². The molecule has 2 aromatic rings. The Labute approximate surface area is 127 Å². The topological polar surface area (TPSA) is 94.0 Å². The summed E-state index contributed by atoms with van der Waals surface area (Å²) in [6.07, 6.45) is 4.30.